The lowest BCUT2D eigenvalue weighted by Gasteiger charge is -2.18. The second-order valence-electron chi connectivity index (χ2n) is 7.73. The Morgan fingerprint density at radius 2 is 1.89 bits per heavy atom. The molecule has 1 fully saturated rings. The predicted molar refractivity (Wildman–Crippen MR) is 110 cm³/mol. The van der Waals surface area contributed by atoms with Crippen LogP contribution in [0, 0.1) is 5.92 Å². The molecular weight excluding hydrogens is 336 g/mol. The highest BCUT2D eigenvalue weighted by Gasteiger charge is 2.34. The molecule has 0 bridgehead atoms. The van der Waals surface area contributed by atoms with Gasteiger partial charge in [-0.1, -0.05) is 62.6 Å². The number of rotatable bonds is 12. The molecule has 0 aliphatic heterocycles. The molecule has 3 atom stereocenters. The van der Waals surface area contributed by atoms with E-state index in [-0.39, 0.29) is 5.92 Å². The summed E-state index contributed by atoms with van der Waals surface area (Å²) in [6.45, 7) is 2.16. The first kappa shape index (κ1) is 21.6. The Hall–Kier alpha value is -1.74. The van der Waals surface area contributed by atoms with Gasteiger partial charge in [0.25, 0.3) is 0 Å². The molecule has 0 aromatic heterocycles. The van der Waals surface area contributed by atoms with Gasteiger partial charge in [-0.3, -0.25) is 4.79 Å². The molecule has 1 aromatic rings. The summed E-state index contributed by atoms with van der Waals surface area (Å²) >= 11 is 0. The molecule has 0 spiro atoms. The van der Waals surface area contributed by atoms with Crippen molar-refractivity contribution in [3.63, 3.8) is 0 Å². The minimum atomic E-state index is -0.407. The van der Waals surface area contributed by atoms with Gasteiger partial charge in [0.15, 0.2) is 0 Å². The van der Waals surface area contributed by atoms with Gasteiger partial charge in [0.1, 0.15) is 12.1 Å². The van der Waals surface area contributed by atoms with Gasteiger partial charge in [-0.15, -0.1) is 0 Å². The van der Waals surface area contributed by atoms with Crippen molar-refractivity contribution in [2.24, 2.45) is 5.92 Å². The molecule has 1 aromatic carbocycles. The van der Waals surface area contributed by atoms with Gasteiger partial charge in [-0.2, -0.15) is 0 Å². The Morgan fingerprint density at radius 1 is 1.11 bits per heavy atom. The third-order valence-electron chi connectivity index (χ3n) is 5.64. The summed E-state index contributed by atoms with van der Waals surface area (Å²) < 4.78 is 0. The number of aldehydes is 1. The Morgan fingerprint density at radius 3 is 2.59 bits per heavy atom. The lowest BCUT2D eigenvalue weighted by molar-refractivity contribution is -0.119. The van der Waals surface area contributed by atoms with Crippen LogP contribution in [0.1, 0.15) is 94.3 Å². The van der Waals surface area contributed by atoms with Crippen LogP contribution < -0.4 is 0 Å². The molecule has 1 N–H and O–H groups in total. The molecule has 0 saturated heterocycles. The molecule has 2 rings (SSSR count). The predicted octanol–water partition coefficient (Wildman–Crippen LogP) is 5.68. The van der Waals surface area contributed by atoms with E-state index in [1.54, 1.807) is 0 Å². The highest BCUT2D eigenvalue weighted by atomic mass is 16.3. The zero-order valence-corrected chi connectivity index (χ0v) is 16.6. The molecule has 0 radical (unpaired) electrons. The number of hydrogen-bond donors (Lipinski definition) is 1. The average molecular weight is 371 g/mol. The number of unbranched alkanes of at least 4 members (excludes halogenated alkanes) is 4. The van der Waals surface area contributed by atoms with Crippen molar-refractivity contribution in [2.45, 2.75) is 83.2 Å². The summed E-state index contributed by atoms with van der Waals surface area (Å²) in [6.07, 6.45) is 14.0. The van der Waals surface area contributed by atoms with Crippen LogP contribution in [0.3, 0.4) is 0 Å². The molecule has 3 heteroatoms. The summed E-state index contributed by atoms with van der Waals surface area (Å²) in [5.41, 5.74) is 2.04. The molecule has 27 heavy (non-hydrogen) atoms. The highest BCUT2D eigenvalue weighted by molar-refractivity contribution is 5.88. The first-order valence-corrected chi connectivity index (χ1v) is 10.6. The number of aliphatic hydroxyl groups excluding tert-OH is 1. The van der Waals surface area contributed by atoms with Crippen LogP contribution >= 0.6 is 0 Å². The smallest absolute Gasteiger partial charge is 0.140 e. The van der Waals surface area contributed by atoms with Crippen LogP contribution in [0.5, 0.6) is 0 Å². The maximum atomic E-state index is 12.4. The van der Waals surface area contributed by atoms with Crippen molar-refractivity contribution in [2.75, 3.05) is 0 Å². The standard InChI is InChI=1S/C24H34O3/c1-2-3-7-11-22(26)19-12-14-21(15-13-19)24-20(16-17-23(24)27)10-8-5-4-6-9-18-25/h5,8,12-15,18,20,22,24,26H,2-4,6-7,9-11,16-17H2,1H3. The van der Waals surface area contributed by atoms with Gasteiger partial charge < -0.3 is 9.90 Å². The van der Waals surface area contributed by atoms with E-state index in [1.807, 2.05) is 24.3 Å². The molecule has 3 nitrogen and oxygen atoms in total. The molecule has 1 aliphatic carbocycles. The normalized spacial score (nSPS) is 21.0. The molecule has 1 saturated carbocycles. The number of hydrogen-bond acceptors (Lipinski definition) is 3. The number of Topliss-reactive ketones (excluding diaryl/α,β-unsaturated/α-hetero) is 1. The minimum Gasteiger partial charge on any atom is -0.388 e. The van der Waals surface area contributed by atoms with E-state index < -0.39 is 6.10 Å². The van der Waals surface area contributed by atoms with Crippen LogP contribution in [0.15, 0.2) is 36.4 Å². The summed E-state index contributed by atoms with van der Waals surface area (Å²) in [4.78, 5) is 22.8. The van der Waals surface area contributed by atoms with Gasteiger partial charge in [-0.05, 0) is 49.1 Å². The first-order chi connectivity index (χ1) is 13.2. The van der Waals surface area contributed by atoms with Gasteiger partial charge in [0.2, 0.25) is 0 Å². The van der Waals surface area contributed by atoms with Crippen molar-refractivity contribution < 1.29 is 14.7 Å². The van der Waals surface area contributed by atoms with Gasteiger partial charge in [0, 0.05) is 18.8 Å². The monoisotopic (exact) mass is 370 g/mol. The van der Waals surface area contributed by atoms with E-state index in [4.69, 9.17) is 0 Å². The van der Waals surface area contributed by atoms with Crippen LogP contribution in [0.25, 0.3) is 0 Å². The molecule has 3 unspecified atom stereocenters. The summed E-state index contributed by atoms with van der Waals surface area (Å²) in [5.74, 6) is 0.682. The average Bonchev–Trinajstić information content (AvgIpc) is 3.05. The van der Waals surface area contributed by atoms with Crippen molar-refractivity contribution in [3.05, 3.63) is 47.5 Å². The van der Waals surface area contributed by atoms with Gasteiger partial charge in [0.05, 0.1) is 6.10 Å². The molecule has 148 valence electrons. The maximum Gasteiger partial charge on any atom is 0.140 e. The van der Waals surface area contributed by atoms with E-state index >= 15 is 0 Å². The fourth-order valence-electron chi connectivity index (χ4n) is 4.01. The Labute approximate surface area is 163 Å². The molecule has 0 heterocycles. The maximum absolute atomic E-state index is 12.4. The molecular formula is C24H34O3. The summed E-state index contributed by atoms with van der Waals surface area (Å²) in [5, 5.41) is 10.3. The van der Waals surface area contributed by atoms with Crippen LogP contribution in [-0.4, -0.2) is 17.2 Å². The lowest BCUT2D eigenvalue weighted by Crippen LogP contribution is -2.12. The fraction of sp³-hybridized carbons (Fsp3) is 0.583. The number of benzene rings is 1. The van der Waals surface area contributed by atoms with Crippen LogP contribution in [0.4, 0.5) is 0 Å². The molecule has 0 amide bonds. The summed E-state index contributed by atoms with van der Waals surface area (Å²) in [7, 11) is 0. The quantitative estimate of drug-likeness (QED) is 0.293. The van der Waals surface area contributed by atoms with E-state index in [9.17, 15) is 14.7 Å². The lowest BCUT2D eigenvalue weighted by atomic mass is 9.85. The highest BCUT2D eigenvalue weighted by Crippen LogP contribution is 2.39. The molecule has 1 aliphatic rings. The van der Waals surface area contributed by atoms with Crippen molar-refractivity contribution in [1.29, 1.82) is 0 Å². The van der Waals surface area contributed by atoms with E-state index in [0.717, 1.165) is 68.8 Å². The van der Waals surface area contributed by atoms with E-state index in [0.29, 0.717) is 24.5 Å². The SMILES string of the molecule is CCCCCC(O)c1ccc(C2C(=O)CCC2CC=CCCCC=O)cc1. The topological polar surface area (TPSA) is 54.4 Å². The Balaban J connectivity index is 1.93. The number of ketones is 1. The van der Waals surface area contributed by atoms with Crippen LogP contribution in [0.2, 0.25) is 0 Å². The Bertz CT molecular complexity index is 603. The second-order valence-corrected chi connectivity index (χ2v) is 7.73. The zero-order valence-electron chi connectivity index (χ0n) is 16.6. The summed E-state index contributed by atoms with van der Waals surface area (Å²) in [6, 6.07) is 8.05. The third-order valence-corrected chi connectivity index (χ3v) is 5.64. The van der Waals surface area contributed by atoms with Crippen molar-refractivity contribution >= 4 is 12.1 Å². The number of carbonyl (C=O) groups excluding carboxylic acids is 2. The zero-order chi connectivity index (χ0) is 19.5. The Kier molecular flexibility index (Phi) is 9.47. The van der Waals surface area contributed by atoms with E-state index in [2.05, 4.69) is 19.1 Å². The van der Waals surface area contributed by atoms with Gasteiger partial charge in [-0.25, -0.2) is 0 Å². The number of carbonyl (C=O) groups is 2. The van der Waals surface area contributed by atoms with Crippen molar-refractivity contribution in [1.82, 2.24) is 0 Å². The third kappa shape index (κ3) is 6.73. The second kappa shape index (κ2) is 11.9. The van der Waals surface area contributed by atoms with Gasteiger partial charge >= 0.3 is 0 Å². The first-order valence-electron chi connectivity index (χ1n) is 10.6. The van der Waals surface area contributed by atoms with Crippen molar-refractivity contribution in [3.8, 4) is 0 Å². The van der Waals surface area contributed by atoms with E-state index in [1.165, 1.54) is 0 Å². The largest absolute Gasteiger partial charge is 0.388 e. The number of aliphatic hydroxyl groups is 1. The van der Waals surface area contributed by atoms with Crippen LogP contribution in [-0.2, 0) is 9.59 Å². The minimum absolute atomic E-state index is 0.0177. The number of allylic oxidation sites excluding steroid dienone is 2. The fourth-order valence-corrected chi connectivity index (χ4v) is 4.01.